The van der Waals surface area contributed by atoms with Gasteiger partial charge < -0.3 is 9.38 Å². The molecule has 0 unspecified atom stereocenters. The molecule has 2 nitrogen and oxygen atoms in total. The van der Waals surface area contributed by atoms with Crippen LogP contribution in [0.25, 0.3) is 71.6 Å². The highest BCUT2D eigenvalue weighted by atomic mass is 15.1. The maximum atomic E-state index is 2.63. The van der Waals surface area contributed by atoms with Gasteiger partial charge in [-0.15, -0.1) is 0 Å². The quantitative estimate of drug-likeness (QED) is 0.171. The number of anilines is 2. The normalized spacial score (nSPS) is 12.8. The minimum atomic E-state index is -0.0386. The van der Waals surface area contributed by atoms with Gasteiger partial charge in [0.1, 0.15) is 0 Å². The molecule has 9 aromatic rings. The molecule has 0 spiro atoms. The van der Waals surface area contributed by atoms with E-state index in [0.717, 1.165) is 0 Å². The third-order valence-corrected chi connectivity index (χ3v) is 11.5. The van der Waals surface area contributed by atoms with Crippen molar-refractivity contribution in [1.82, 2.24) is 4.57 Å². The Morgan fingerprint density at radius 3 is 1.98 bits per heavy atom. The van der Waals surface area contributed by atoms with Crippen molar-refractivity contribution in [2.24, 2.45) is 0 Å². The fourth-order valence-corrected chi connectivity index (χ4v) is 9.12. The maximum Gasteiger partial charge on any atom is 0.333 e. The van der Waals surface area contributed by atoms with Crippen LogP contribution in [-0.2, 0) is 0 Å². The van der Waals surface area contributed by atoms with Crippen molar-refractivity contribution in [3.05, 3.63) is 174 Å². The minimum Gasteiger partial charge on any atom is -0.376 e. The van der Waals surface area contributed by atoms with E-state index in [0.29, 0.717) is 0 Å². The lowest BCUT2D eigenvalue weighted by atomic mass is 9.43. The standard InChI is InChI=1S/C49H35BN2/c1-30-13-18-35(19-14-30)40-29-41-39-24-17-32(3)27-45(39)52(37-22-15-31(2)16-23-37)50-42-28-36(33-9-5-4-6-10-33)21-25-43(42)51-44-26-20-34-11-7-8-12-38(34)46(44)47(40)49(51)48(41)50/h4-29H,1-3H3. The Morgan fingerprint density at radius 1 is 0.462 bits per heavy atom. The van der Waals surface area contributed by atoms with Gasteiger partial charge in [-0.05, 0) is 112 Å². The summed E-state index contributed by atoms with van der Waals surface area (Å²) in [6, 6.07) is 59.4. The third-order valence-electron chi connectivity index (χ3n) is 11.5. The van der Waals surface area contributed by atoms with E-state index in [1.165, 1.54) is 111 Å². The van der Waals surface area contributed by atoms with Crippen LogP contribution in [0.1, 0.15) is 16.7 Å². The molecule has 0 radical (unpaired) electrons. The molecule has 0 saturated heterocycles. The van der Waals surface area contributed by atoms with Crippen molar-refractivity contribution in [1.29, 1.82) is 0 Å². The lowest BCUT2D eigenvalue weighted by Crippen LogP contribution is -2.60. The molecule has 3 heteroatoms. The number of hydrogen-bond donors (Lipinski definition) is 0. The zero-order valence-corrected chi connectivity index (χ0v) is 29.5. The van der Waals surface area contributed by atoms with E-state index in [-0.39, 0.29) is 6.85 Å². The molecule has 52 heavy (non-hydrogen) atoms. The Hall–Kier alpha value is -6.32. The molecule has 11 rings (SSSR count). The zero-order chi connectivity index (χ0) is 34.7. The van der Waals surface area contributed by atoms with E-state index in [2.05, 4.69) is 188 Å². The molecule has 1 aromatic heterocycles. The molecule has 2 aliphatic rings. The van der Waals surface area contributed by atoms with E-state index in [1.807, 2.05) is 0 Å². The number of fused-ring (bicyclic) bond motifs is 10. The SMILES string of the molecule is Cc1ccc(-c2cc3c4c5c2c2c6ccccc6ccc2n5-c2ccc(-c5ccccc5)cc2B4N(c2ccc(C)cc2)c2cc(C)ccc2-3)cc1. The highest BCUT2D eigenvalue weighted by Crippen LogP contribution is 2.49. The highest BCUT2D eigenvalue weighted by Gasteiger charge is 2.44. The summed E-state index contributed by atoms with van der Waals surface area (Å²) >= 11 is 0. The summed E-state index contributed by atoms with van der Waals surface area (Å²) in [5.41, 5.74) is 20.3. The first-order valence-electron chi connectivity index (χ1n) is 18.3. The van der Waals surface area contributed by atoms with Crippen LogP contribution < -0.4 is 15.7 Å². The molecule has 0 N–H and O–H groups in total. The Kier molecular flexibility index (Phi) is 6.13. The summed E-state index contributed by atoms with van der Waals surface area (Å²) in [6.45, 7) is 6.53. The number of aromatic nitrogens is 1. The third kappa shape index (κ3) is 4.08. The van der Waals surface area contributed by atoms with Crippen LogP contribution in [0.4, 0.5) is 11.4 Å². The predicted octanol–water partition coefficient (Wildman–Crippen LogP) is 11.4. The van der Waals surface area contributed by atoms with Crippen LogP contribution in [0.5, 0.6) is 0 Å². The van der Waals surface area contributed by atoms with E-state index in [1.54, 1.807) is 0 Å². The summed E-state index contributed by atoms with van der Waals surface area (Å²) in [4.78, 5) is 2.63. The van der Waals surface area contributed by atoms with Crippen molar-refractivity contribution in [3.63, 3.8) is 0 Å². The van der Waals surface area contributed by atoms with E-state index in [9.17, 15) is 0 Å². The number of rotatable bonds is 3. The van der Waals surface area contributed by atoms with E-state index in [4.69, 9.17) is 0 Å². The molecule has 0 amide bonds. The fraction of sp³-hybridized carbons (Fsp3) is 0.0612. The number of benzene rings is 8. The molecule has 0 saturated carbocycles. The minimum absolute atomic E-state index is 0.0386. The average Bonchev–Trinajstić information content (AvgIpc) is 3.54. The van der Waals surface area contributed by atoms with Gasteiger partial charge in [0.2, 0.25) is 0 Å². The largest absolute Gasteiger partial charge is 0.376 e. The molecule has 0 aliphatic carbocycles. The average molecular weight is 663 g/mol. The van der Waals surface area contributed by atoms with Crippen LogP contribution in [0.2, 0.25) is 0 Å². The summed E-state index contributed by atoms with van der Waals surface area (Å²) in [5.74, 6) is 0. The second-order valence-corrected chi connectivity index (χ2v) is 14.8. The lowest BCUT2D eigenvalue weighted by Gasteiger charge is -2.42. The lowest BCUT2D eigenvalue weighted by molar-refractivity contribution is 1.18. The molecule has 244 valence electrons. The van der Waals surface area contributed by atoms with Gasteiger partial charge in [0.05, 0.1) is 11.0 Å². The zero-order valence-electron chi connectivity index (χ0n) is 29.5. The van der Waals surface area contributed by atoms with Gasteiger partial charge in [-0.3, -0.25) is 0 Å². The Labute approximate surface area is 304 Å². The Balaban J connectivity index is 1.37. The van der Waals surface area contributed by atoms with Crippen molar-refractivity contribution in [3.8, 4) is 39.1 Å². The highest BCUT2D eigenvalue weighted by molar-refractivity contribution is 6.94. The van der Waals surface area contributed by atoms with Gasteiger partial charge in [-0.25, -0.2) is 0 Å². The molecule has 0 atom stereocenters. The van der Waals surface area contributed by atoms with Gasteiger partial charge >= 0.3 is 6.85 Å². The predicted molar refractivity (Wildman–Crippen MR) is 222 cm³/mol. The Morgan fingerprint density at radius 2 is 1.17 bits per heavy atom. The number of hydrogen-bond acceptors (Lipinski definition) is 1. The maximum absolute atomic E-state index is 2.63. The van der Waals surface area contributed by atoms with Gasteiger partial charge in [0.25, 0.3) is 0 Å². The van der Waals surface area contributed by atoms with Crippen molar-refractivity contribution < 1.29 is 0 Å². The van der Waals surface area contributed by atoms with Crippen LogP contribution in [-0.4, -0.2) is 11.4 Å². The summed E-state index contributed by atoms with van der Waals surface area (Å²) in [7, 11) is 0. The number of aryl methyl sites for hydroxylation is 3. The summed E-state index contributed by atoms with van der Waals surface area (Å²) in [5, 5.41) is 5.21. The second kappa shape index (κ2) is 10.8. The van der Waals surface area contributed by atoms with Gasteiger partial charge in [0, 0.05) is 33.4 Å². The number of nitrogens with zero attached hydrogens (tertiary/aromatic N) is 2. The first kappa shape index (κ1) is 29.4. The van der Waals surface area contributed by atoms with E-state index >= 15 is 0 Å². The van der Waals surface area contributed by atoms with Gasteiger partial charge in [-0.2, -0.15) is 0 Å². The molecule has 0 bridgehead atoms. The van der Waals surface area contributed by atoms with E-state index < -0.39 is 0 Å². The molecular weight excluding hydrogens is 627 g/mol. The monoisotopic (exact) mass is 662 g/mol. The van der Waals surface area contributed by atoms with Crippen LogP contribution >= 0.6 is 0 Å². The van der Waals surface area contributed by atoms with Gasteiger partial charge in [0.15, 0.2) is 0 Å². The summed E-state index contributed by atoms with van der Waals surface area (Å²) < 4.78 is 2.60. The topological polar surface area (TPSA) is 8.17 Å². The van der Waals surface area contributed by atoms with Gasteiger partial charge in [-0.1, -0.05) is 132 Å². The van der Waals surface area contributed by atoms with Crippen molar-refractivity contribution in [2.45, 2.75) is 20.8 Å². The first-order valence-corrected chi connectivity index (χ1v) is 18.3. The molecular formula is C49H35BN2. The molecule has 8 aromatic carbocycles. The summed E-state index contributed by atoms with van der Waals surface area (Å²) in [6.07, 6.45) is 0. The van der Waals surface area contributed by atoms with Crippen LogP contribution in [0, 0.1) is 20.8 Å². The smallest absolute Gasteiger partial charge is 0.333 e. The van der Waals surface area contributed by atoms with Crippen molar-refractivity contribution >= 4 is 61.7 Å². The van der Waals surface area contributed by atoms with Crippen molar-refractivity contribution in [2.75, 3.05) is 4.81 Å². The molecule has 0 fully saturated rings. The van der Waals surface area contributed by atoms with Crippen LogP contribution in [0.15, 0.2) is 158 Å². The molecule has 3 heterocycles. The molecule has 2 aliphatic heterocycles. The van der Waals surface area contributed by atoms with Crippen LogP contribution in [0.3, 0.4) is 0 Å². The Bertz CT molecular complexity index is 2920. The first-order chi connectivity index (χ1) is 25.5. The second-order valence-electron chi connectivity index (χ2n) is 14.8. The fourth-order valence-electron chi connectivity index (χ4n) is 9.12.